The van der Waals surface area contributed by atoms with Crippen LogP contribution in [0, 0.1) is 0 Å². The molecule has 1 unspecified atom stereocenters. The van der Waals surface area contributed by atoms with Gasteiger partial charge in [0.1, 0.15) is 6.10 Å². The van der Waals surface area contributed by atoms with Crippen molar-refractivity contribution in [2.75, 3.05) is 25.0 Å². The molecule has 5 nitrogen and oxygen atoms in total. The Bertz CT molecular complexity index is 291. The van der Waals surface area contributed by atoms with Crippen LogP contribution in [0.4, 0.5) is 5.69 Å². The smallest absolute Gasteiger partial charge is 0.254 e. The molecule has 1 saturated heterocycles. The van der Waals surface area contributed by atoms with E-state index in [2.05, 4.69) is 15.6 Å². The number of morpholine rings is 1. The number of hydrogen-bond acceptors (Lipinski definition) is 3. The van der Waals surface area contributed by atoms with E-state index in [0.29, 0.717) is 13.2 Å². The Hall–Kier alpha value is -1.33. The molecule has 0 aromatic carbocycles. The van der Waals surface area contributed by atoms with Crippen molar-refractivity contribution in [3.05, 3.63) is 18.5 Å². The summed E-state index contributed by atoms with van der Waals surface area (Å²) in [5.74, 6) is -0.100. The topological polar surface area (TPSA) is 66.2 Å². The van der Waals surface area contributed by atoms with Gasteiger partial charge in [0.25, 0.3) is 5.91 Å². The standard InChI is InChI=1S/C9H13N3O2/c13-9(8-6-11-3-4-14-8)12-7-1-2-10-5-7/h1-2,5,8,10-11H,3-4,6H2,(H,12,13). The number of rotatable bonds is 2. The third-order valence-corrected chi connectivity index (χ3v) is 2.09. The molecule has 0 aliphatic carbocycles. The van der Waals surface area contributed by atoms with Crippen LogP contribution in [0.2, 0.25) is 0 Å². The minimum Gasteiger partial charge on any atom is -0.366 e. The van der Waals surface area contributed by atoms with Gasteiger partial charge < -0.3 is 20.4 Å². The largest absolute Gasteiger partial charge is 0.366 e. The number of ether oxygens (including phenoxy) is 1. The van der Waals surface area contributed by atoms with E-state index in [0.717, 1.165) is 12.2 Å². The maximum absolute atomic E-state index is 11.6. The second-order valence-electron chi connectivity index (χ2n) is 3.15. The van der Waals surface area contributed by atoms with Gasteiger partial charge in [0.05, 0.1) is 12.3 Å². The van der Waals surface area contributed by atoms with Gasteiger partial charge >= 0.3 is 0 Å². The minimum atomic E-state index is -0.376. The number of carbonyl (C=O) groups is 1. The molecule has 1 atom stereocenters. The highest BCUT2D eigenvalue weighted by Crippen LogP contribution is 2.06. The molecule has 1 aromatic rings. The molecule has 1 aliphatic heterocycles. The lowest BCUT2D eigenvalue weighted by Crippen LogP contribution is -2.45. The highest BCUT2D eigenvalue weighted by molar-refractivity contribution is 5.94. The molecule has 1 aromatic heterocycles. The lowest BCUT2D eigenvalue weighted by molar-refractivity contribution is -0.128. The fourth-order valence-corrected chi connectivity index (χ4v) is 1.36. The van der Waals surface area contributed by atoms with Gasteiger partial charge in [0.2, 0.25) is 0 Å². The van der Waals surface area contributed by atoms with Crippen LogP contribution in [0.1, 0.15) is 0 Å². The van der Waals surface area contributed by atoms with E-state index in [4.69, 9.17) is 4.74 Å². The van der Waals surface area contributed by atoms with Crippen LogP contribution in [-0.4, -0.2) is 36.7 Å². The number of aromatic amines is 1. The number of H-pyrrole nitrogens is 1. The molecular weight excluding hydrogens is 182 g/mol. The number of nitrogens with one attached hydrogen (secondary N) is 3. The summed E-state index contributed by atoms with van der Waals surface area (Å²) >= 11 is 0. The molecule has 2 rings (SSSR count). The molecule has 1 fully saturated rings. The molecular formula is C9H13N3O2. The molecule has 5 heteroatoms. The van der Waals surface area contributed by atoms with Crippen molar-refractivity contribution in [3.8, 4) is 0 Å². The van der Waals surface area contributed by atoms with Crippen molar-refractivity contribution in [3.63, 3.8) is 0 Å². The van der Waals surface area contributed by atoms with E-state index in [1.54, 1.807) is 18.5 Å². The highest BCUT2D eigenvalue weighted by Gasteiger charge is 2.21. The van der Waals surface area contributed by atoms with Gasteiger partial charge in [-0.1, -0.05) is 0 Å². The van der Waals surface area contributed by atoms with Crippen LogP contribution in [0.3, 0.4) is 0 Å². The number of hydrogen-bond donors (Lipinski definition) is 3. The summed E-state index contributed by atoms with van der Waals surface area (Å²) in [5, 5.41) is 5.86. The van der Waals surface area contributed by atoms with E-state index in [-0.39, 0.29) is 12.0 Å². The molecule has 14 heavy (non-hydrogen) atoms. The van der Waals surface area contributed by atoms with Crippen molar-refractivity contribution in [2.45, 2.75) is 6.10 Å². The van der Waals surface area contributed by atoms with Gasteiger partial charge in [0, 0.05) is 25.5 Å². The summed E-state index contributed by atoms with van der Waals surface area (Å²) < 4.78 is 5.30. The van der Waals surface area contributed by atoms with Gasteiger partial charge in [-0.15, -0.1) is 0 Å². The molecule has 0 radical (unpaired) electrons. The van der Waals surface area contributed by atoms with Crippen LogP contribution in [0.25, 0.3) is 0 Å². The van der Waals surface area contributed by atoms with Crippen molar-refractivity contribution in [2.24, 2.45) is 0 Å². The summed E-state index contributed by atoms with van der Waals surface area (Å²) in [6, 6.07) is 1.80. The van der Waals surface area contributed by atoms with Gasteiger partial charge in [0.15, 0.2) is 0 Å². The molecule has 1 amide bonds. The van der Waals surface area contributed by atoms with Gasteiger partial charge in [-0.05, 0) is 6.07 Å². The average molecular weight is 195 g/mol. The molecule has 0 saturated carbocycles. The first-order valence-corrected chi connectivity index (χ1v) is 4.62. The van der Waals surface area contributed by atoms with Gasteiger partial charge in [-0.2, -0.15) is 0 Å². The summed E-state index contributed by atoms with van der Waals surface area (Å²) in [6.45, 7) is 1.98. The Morgan fingerprint density at radius 2 is 2.57 bits per heavy atom. The monoisotopic (exact) mass is 195 g/mol. The van der Waals surface area contributed by atoms with E-state index in [1.165, 1.54) is 0 Å². The third-order valence-electron chi connectivity index (χ3n) is 2.09. The van der Waals surface area contributed by atoms with Crippen molar-refractivity contribution in [1.82, 2.24) is 10.3 Å². The molecule has 0 bridgehead atoms. The Morgan fingerprint density at radius 3 is 3.21 bits per heavy atom. The third kappa shape index (κ3) is 2.12. The Balaban J connectivity index is 1.88. The normalized spacial score (nSPS) is 21.9. The number of anilines is 1. The SMILES string of the molecule is O=C(Nc1cc[nH]c1)C1CNCCO1. The number of aromatic nitrogens is 1. The Kier molecular flexibility index (Phi) is 2.81. The zero-order valence-corrected chi connectivity index (χ0v) is 7.75. The van der Waals surface area contributed by atoms with Crippen LogP contribution in [0.15, 0.2) is 18.5 Å². The Morgan fingerprint density at radius 1 is 1.64 bits per heavy atom. The molecule has 3 N–H and O–H groups in total. The predicted molar refractivity (Wildman–Crippen MR) is 52.0 cm³/mol. The Labute approximate surface area is 81.8 Å². The van der Waals surface area contributed by atoms with E-state index in [1.807, 2.05) is 0 Å². The van der Waals surface area contributed by atoms with Crippen molar-refractivity contribution < 1.29 is 9.53 Å². The fourth-order valence-electron chi connectivity index (χ4n) is 1.36. The first-order valence-electron chi connectivity index (χ1n) is 4.62. The lowest BCUT2D eigenvalue weighted by Gasteiger charge is -2.22. The van der Waals surface area contributed by atoms with Crippen LogP contribution >= 0.6 is 0 Å². The first-order chi connectivity index (χ1) is 6.86. The van der Waals surface area contributed by atoms with Crippen LogP contribution in [0.5, 0.6) is 0 Å². The van der Waals surface area contributed by atoms with Crippen molar-refractivity contribution in [1.29, 1.82) is 0 Å². The molecule has 2 heterocycles. The van der Waals surface area contributed by atoms with Gasteiger partial charge in [-0.3, -0.25) is 4.79 Å². The number of amides is 1. The lowest BCUT2D eigenvalue weighted by atomic mass is 10.3. The molecule has 76 valence electrons. The first kappa shape index (κ1) is 9.23. The predicted octanol–water partition coefficient (Wildman–Crippen LogP) is -0.0584. The highest BCUT2D eigenvalue weighted by atomic mass is 16.5. The zero-order chi connectivity index (χ0) is 9.80. The second kappa shape index (κ2) is 4.26. The van der Waals surface area contributed by atoms with Crippen LogP contribution < -0.4 is 10.6 Å². The zero-order valence-electron chi connectivity index (χ0n) is 7.75. The maximum Gasteiger partial charge on any atom is 0.254 e. The fraction of sp³-hybridized carbons (Fsp3) is 0.444. The van der Waals surface area contributed by atoms with E-state index in [9.17, 15) is 4.79 Å². The maximum atomic E-state index is 11.6. The van der Waals surface area contributed by atoms with Crippen molar-refractivity contribution >= 4 is 11.6 Å². The number of carbonyl (C=O) groups excluding carboxylic acids is 1. The molecule has 1 aliphatic rings. The van der Waals surface area contributed by atoms with E-state index < -0.39 is 0 Å². The summed E-state index contributed by atoms with van der Waals surface area (Å²) in [7, 11) is 0. The summed E-state index contributed by atoms with van der Waals surface area (Å²) in [4.78, 5) is 14.4. The summed E-state index contributed by atoms with van der Waals surface area (Å²) in [5.41, 5.74) is 0.768. The quantitative estimate of drug-likeness (QED) is 0.619. The summed E-state index contributed by atoms with van der Waals surface area (Å²) in [6.07, 6.45) is 3.11. The molecule has 0 spiro atoms. The average Bonchev–Trinajstić information content (AvgIpc) is 2.72. The van der Waals surface area contributed by atoms with E-state index >= 15 is 0 Å². The minimum absolute atomic E-state index is 0.100. The van der Waals surface area contributed by atoms with Gasteiger partial charge in [-0.25, -0.2) is 0 Å². The van der Waals surface area contributed by atoms with Crippen LogP contribution in [-0.2, 0) is 9.53 Å². The second-order valence-corrected chi connectivity index (χ2v) is 3.15.